The monoisotopic (exact) mass is 307 g/mol. The number of amides is 3. The van der Waals surface area contributed by atoms with Crippen molar-refractivity contribution in [2.45, 2.75) is 40.2 Å². The number of nitrogens with one attached hydrogen (secondary N) is 2. The van der Waals surface area contributed by atoms with Gasteiger partial charge in [-0.2, -0.15) is 0 Å². The molecule has 1 fully saturated rings. The second kappa shape index (κ2) is 8.22. The third kappa shape index (κ3) is 3.47. The first-order valence-electron chi connectivity index (χ1n) is 7.80. The van der Waals surface area contributed by atoms with E-state index in [9.17, 15) is 9.59 Å². The molecule has 2 heterocycles. The lowest BCUT2D eigenvalue weighted by Crippen LogP contribution is -2.31. The molecule has 2 N–H and O–H groups in total. The zero-order valence-corrected chi connectivity index (χ0v) is 13.9. The maximum atomic E-state index is 11.8. The summed E-state index contributed by atoms with van der Waals surface area (Å²) in [6.07, 6.45) is 2.40. The Bertz CT molecular complexity index is 644. The number of fused-ring (bicyclic) bond motifs is 1. The first-order chi connectivity index (χ1) is 10.7. The highest BCUT2D eigenvalue weighted by Gasteiger charge is 2.35. The predicted octanol–water partition coefficient (Wildman–Crippen LogP) is 3.81. The number of benzene rings is 1. The van der Waals surface area contributed by atoms with Gasteiger partial charge in [-0.05, 0) is 11.6 Å². The van der Waals surface area contributed by atoms with Gasteiger partial charge >= 0.3 is 6.03 Å². The first-order valence-corrected chi connectivity index (χ1v) is 7.80. The fourth-order valence-corrected chi connectivity index (χ4v) is 2.30. The smallest absolute Gasteiger partial charge is 0.324 e. The molecule has 0 aliphatic carbocycles. The van der Waals surface area contributed by atoms with Gasteiger partial charge < -0.3 is 10.3 Å². The minimum absolute atomic E-state index is 0. The Morgan fingerprint density at radius 2 is 1.77 bits per heavy atom. The van der Waals surface area contributed by atoms with Gasteiger partial charge in [-0.25, -0.2) is 4.79 Å². The average Bonchev–Trinajstić information content (AvgIpc) is 3.09. The van der Waals surface area contributed by atoms with E-state index in [2.05, 4.69) is 10.3 Å². The van der Waals surface area contributed by atoms with Crippen molar-refractivity contribution in [1.82, 2.24) is 15.2 Å². The molecule has 0 saturated carbocycles. The number of nitrogens with zero attached hydrogens (tertiary/aromatic N) is 1. The standard InChI is InChI=1S/C13H13N3O2.2C2H6.2H2/c1-16-12(17)11(15-13(16)18)6-8-7-14-10-5-3-2-4-9(8)10;2*1-2;;/h2-5,7,11,14H,6H2,1H3,(H,15,18);2*1-2H3;2*1H/t11-;;;;/m0..../s1. The van der Waals surface area contributed by atoms with Crippen LogP contribution in [0, 0.1) is 0 Å². The molecule has 3 amide bonds. The maximum Gasteiger partial charge on any atom is 0.324 e. The van der Waals surface area contributed by atoms with Crippen LogP contribution in [0.25, 0.3) is 10.9 Å². The number of hydrogen-bond donors (Lipinski definition) is 2. The molecule has 5 nitrogen and oxygen atoms in total. The number of imide groups is 1. The number of hydrogen-bond acceptors (Lipinski definition) is 2. The van der Waals surface area contributed by atoms with Gasteiger partial charge in [-0.3, -0.25) is 9.69 Å². The number of likely N-dealkylation sites (N-methyl/N-ethyl adjacent to an activating group) is 1. The number of carbonyl (C=O) groups is 2. The summed E-state index contributed by atoms with van der Waals surface area (Å²) in [4.78, 5) is 27.5. The van der Waals surface area contributed by atoms with Gasteiger partial charge in [0.25, 0.3) is 5.91 Å². The number of urea groups is 1. The maximum absolute atomic E-state index is 11.8. The predicted molar refractivity (Wildman–Crippen MR) is 94.0 cm³/mol. The number of carbonyl (C=O) groups excluding carboxylic acids is 2. The average molecular weight is 307 g/mol. The van der Waals surface area contributed by atoms with Crippen LogP contribution >= 0.6 is 0 Å². The van der Waals surface area contributed by atoms with E-state index in [0.717, 1.165) is 21.4 Å². The summed E-state index contributed by atoms with van der Waals surface area (Å²) in [5.74, 6) is -0.176. The van der Waals surface area contributed by atoms with Crippen molar-refractivity contribution in [3.05, 3.63) is 36.0 Å². The van der Waals surface area contributed by atoms with E-state index < -0.39 is 6.04 Å². The molecule has 1 aromatic carbocycles. The highest BCUT2D eigenvalue weighted by atomic mass is 16.2. The van der Waals surface area contributed by atoms with Crippen LogP contribution in [0.15, 0.2) is 30.5 Å². The Hall–Kier alpha value is -2.30. The SMILES string of the molecule is CC.CC.CN1C(=O)N[C@@H](Cc2c[nH]c3ccccc23)C1=O.[HH].[HH]. The number of para-hydroxylation sites is 1. The minimum Gasteiger partial charge on any atom is -0.361 e. The van der Waals surface area contributed by atoms with Crippen LogP contribution in [-0.4, -0.2) is 34.9 Å². The number of rotatable bonds is 2. The zero-order valence-electron chi connectivity index (χ0n) is 13.9. The highest BCUT2D eigenvalue weighted by molar-refractivity contribution is 6.04. The van der Waals surface area contributed by atoms with Gasteiger partial charge in [-0.1, -0.05) is 45.9 Å². The summed E-state index contributed by atoms with van der Waals surface area (Å²) in [5, 5.41) is 3.77. The van der Waals surface area contributed by atoms with Crippen LogP contribution in [0.2, 0.25) is 0 Å². The molecule has 0 spiro atoms. The summed E-state index contributed by atoms with van der Waals surface area (Å²) in [6, 6.07) is 7.12. The van der Waals surface area contributed by atoms with Gasteiger partial charge in [0.15, 0.2) is 0 Å². The number of aromatic nitrogens is 1. The molecule has 0 bridgehead atoms. The van der Waals surface area contributed by atoms with Crippen molar-refractivity contribution >= 4 is 22.8 Å². The van der Waals surface area contributed by atoms with Crippen LogP contribution in [0.4, 0.5) is 4.79 Å². The topological polar surface area (TPSA) is 65.2 Å². The van der Waals surface area contributed by atoms with Crippen molar-refractivity contribution in [3.63, 3.8) is 0 Å². The van der Waals surface area contributed by atoms with E-state index in [4.69, 9.17) is 0 Å². The quantitative estimate of drug-likeness (QED) is 0.829. The van der Waals surface area contributed by atoms with Crippen molar-refractivity contribution in [2.75, 3.05) is 7.05 Å². The summed E-state index contributed by atoms with van der Waals surface area (Å²) < 4.78 is 0. The molecule has 124 valence electrons. The second-order valence-electron chi connectivity index (χ2n) is 4.46. The van der Waals surface area contributed by atoms with E-state index in [1.165, 1.54) is 7.05 Å². The Labute approximate surface area is 134 Å². The third-order valence-electron chi connectivity index (χ3n) is 3.33. The zero-order chi connectivity index (χ0) is 16.7. The molecule has 1 aromatic heterocycles. The van der Waals surface area contributed by atoms with Gasteiger partial charge in [-0.15, -0.1) is 0 Å². The fraction of sp³-hybridized carbons (Fsp3) is 0.412. The molecule has 22 heavy (non-hydrogen) atoms. The molecular weight excluding hydrogens is 278 g/mol. The molecule has 5 heteroatoms. The molecule has 1 saturated heterocycles. The molecule has 0 radical (unpaired) electrons. The molecule has 0 unspecified atom stereocenters. The highest BCUT2D eigenvalue weighted by Crippen LogP contribution is 2.20. The van der Waals surface area contributed by atoms with E-state index in [0.29, 0.717) is 6.42 Å². The van der Waals surface area contributed by atoms with Crippen molar-refractivity contribution in [3.8, 4) is 0 Å². The minimum atomic E-state index is -0.457. The van der Waals surface area contributed by atoms with E-state index in [1.807, 2.05) is 58.2 Å². The first kappa shape index (κ1) is 17.8. The summed E-state index contributed by atoms with van der Waals surface area (Å²) in [6.45, 7) is 8.00. The van der Waals surface area contributed by atoms with Gasteiger partial charge in [0.05, 0.1) is 0 Å². The van der Waals surface area contributed by atoms with E-state index >= 15 is 0 Å². The summed E-state index contributed by atoms with van der Waals surface area (Å²) in [7, 11) is 1.49. The largest absolute Gasteiger partial charge is 0.361 e. The van der Waals surface area contributed by atoms with Gasteiger partial charge in [0.2, 0.25) is 0 Å². The Kier molecular flexibility index (Phi) is 6.63. The van der Waals surface area contributed by atoms with Crippen LogP contribution < -0.4 is 5.32 Å². The lowest BCUT2D eigenvalue weighted by molar-refractivity contribution is -0.126. The summed E-state index contributed by atoms with van der Waals surface area (Å²) in [5.41, 5.74) is 2.08. The summed E-state index contributed by atoms with van der Waals surface area (Å²) >= 11 is 0. The van der Waals surface area contributed by atoms with Crippen LogP contribution in [0.3, 0.4) is 0 Å². The van der Waals surface area contributed by atoms with Gasteiger partial charge in [0.1, 0.15) is 6.04 Å². The Balaban J connectivity index is 0. The van der Waals surface area contributed by atoms with Gasteiger partial charge in [0, 0.05) is 33.4 Å². The van der Waals surface area contributed by atoms with Crippen LogP contribution in [0.5, 0.6) is 0 Å². The van der Waals surface area contributed by atoms with Crippen molar-refractivity contribution in [2.24, 2.45) is 0 Å². The number of aromatic amines is 1. The molecule has 1 aliphatic heterocycles. The fourth-order valence-electron chi connectivity index (χ4n) is 2.30. The second-order valence-corrected chi connectivity index (χ2v) is 4.46. The molecule has 2 aromatic rings. The normalized spacial score (nSPS) is 16.6. The molecular formula is C17H29N3O2. The van der Waals surface area contributed by atoms with Crippen molar-refractivity contribution < 1.29 is 12.4 Å². The molecule has 1 aliphatic rings. The van der Waals surface area contributed by atoms with Crippen LogP contribution in [-0.2, 0) is 11.2 Å². The van der Waals surface area contributed by atoms with Crippen molar-refractivity contribution in [1.29, 1.82) is 0 Å². The lowest BCUT2D eigenvalue weighted by atomic mass is 10.1. The van der Waals surface area contributed by atoms with E-state index in [1.54, 1.807) is 0 Å². The molecule has 1 atom stereocenters. The van der Waals surface area contributed by atoms with Crippen LogP contribution in [0.1, 0.15) is 36.1 Å². The third-order valence-corrected chi connectivity index (χ3v) is 3.33. The lowest BCUT2D eigenvalue weighted by Gasteiger charge is -2.06. The Morgan fingerprint density at radius 1 is 1.14 bits per heavy atom. The van der Waals surface area contributed by atoms with E-state index in [-0.39, 0.29) is 14.8 Å². The Morgan fingerprint density at radius 3 is 2.36 bits per heavy atom. The molecule has 3 rings (SSSR count). The number of H-pyrrole nitrogens is 1.